The molecule has 1 aromatic rings. The maximum atomic E-state index is 11.8. The summed E-state index contributed by atoms with van der Waals surface area (Å²) in [5, 5.41) is 20.9. The van der Waals surface area contributed by atoms with Crippen LogP contribution in [0.2, 0.25) is 0 Å². The molecule has 7 nitrogen and oxygen atoms in total. The molecule has 1 saturated heterocycles. The standard InChI is InChI=1S/C12H12N2O5/c15-9(12(18)19)7-3-1-2-4-8(7)14-6-5-13-10(16)11(14)17/h1-4,9,15H,5-6H2,(H,13,16)(H,18,19). The lowest BCUT2D eigenvalue weighted by molar-refractivity contribution is -0.147. The van der Waals surface area contributed by atoms with Crippen molar-refractivity contribution in [2.45, 2.75) is 6.10 Å². The number of nitrogens with zero attached hydrogens (tertiary/aromatic N) is 1. The molecule has 2 amide bonds. The number of aliphatic hydroxyl groups excluding tert-OH is 1. The van der Waals surface area contributed by atoms with E-state index in [2.05, 4.69) is 5.32 Å². The fraction of sp³-hybridized carbons (Fsp3) is 0.250. The molecule has 100 valence electrons. The summed E-state index contributed by atoms with van der Waals surface area (Å²) in [7, 11) is 0. The van der Waals surface area contributed by atoms with Gasteiger partial charge in [0.05, 0.1) is 5.69 Å². The summed E-state index contributed by atoms with van der Waals surface area (Å²) in [5.41, 5.74) is 0.315. The quantitative estimate of drug-likeness (QED) is 0.624. The Hall–Kier alpha value is -2.41. The minimum atomic E-state index is -1.74. The minimum Gasteiger partial charge on any atom is -0.479 e. The Morgan fingerprint density at radius 1 is 1.32 bits per heavy atom. The highest BCUT2D eigenvalue weighted by atomic mass is 16.4. The first-order chi connectivity index (χ1) is 9.02. The van der Waals surface area contributed by atoms with Gasteiger partial charge in [-0.15, -0.1) is 0 Å². The highest BCUT2D eigenvalue weighted by Gasteiger charge is 2.30. The zero-order chi connectivity index (χ0) is 14.0. The SMILES string of the molecule is O=C1NCCN(c2ccccc2C(O)C(=O)O)C1=O. The van der Waals surface area contributed by atoms with Crippen LogP contribution in [0.5, 0.6) is 0 Å². The highest BCUT2D eigenvalue weighted by Crippen LogP contribution is 2.27. The van der Waals surface area contributed by atoms with E-state index in [1.165, 1.54) is 17.0 Å². The summed E-state index contributed by atoms with van der Waals surface area (Å²) < 4.78 is 0. The van der Waals surface area contributed by atoms with Gasteiger partial charge in [0.25, 0.3) is 0 Å². The summed E-state index contributed by atoms with van der Waals surface area (Å²) in [4.78, 5) is 35.1. The van der Waals surface area contributed by atoms with Crippen molar-refractivity contribution in [1.82, 2.24) is 5.32 Å². The van der Waals surface area contributed by atoms with Crippen LogP contribution in [0.4, 0.5) is 5.69 Å². The first kappa shape index (κ1) is 13.0. The zero-order valence-electron chi connectivity index (χ0n) is 9.87. The lowest BCUT2D eigenvalue weighted by Crippen LogP contribution is -2.52. The molecule has 19 heavy (non-hydrogen) atoms. The van der Waals surface area contributed by atoms with E-state index in [0.29, 0.717) is 0 Å². The first-order valence-corrected chi connectivity index (χ1v) is 5.62. The van der Waals surface area contributed by atoms with Crippen molar-refractivity contribution >= 4 is 23.5 Å². The molecular formula is C12H12N2O5. The van der Waals surface area contributed by atoms with Crippen molar-refractivity contribution in [3.63, 3.8) is 0 Å². The predicted octanol–water partition coefficient (Wildman–Crippen LogP) is -0.733. The monoisotopic (exact) mass is 264 g/mol. The van der Waals surface area contributed by atoms with E-state index in [1.54, 1.807) is 12.1 Å². The topological polar surface area (TPSA) is 107 Å². The van der Waals surface area contributed by atoms with Crippen molar-refractivity contribution in [3.8, 4) is 0 Å². The second kappa shape index (κ2) is 5.07. The van der Waals surface area contributed by atoms with Crippen LogP contribution in [-0.2, 0) is 14.4 Å². The van der Waals surface area contributed by atoms with E-state index in [0.717, 1.165) is 0 Å². The smallest absolute Gasteiger partial charge is 0.337 e. The maximum absolute atomic E-state index is 11.8. The van der Waals surface area contributed by atoms with E-state index in [-0.39, 0.29) is 24.3 Å². The summed E-state index contributed by atoms with van der Waals surface area (Å²) in [6.45, 7) is 0.510. The number of benzene rings is 1. The van der Waals surface area contributed by atoms with Gasteiger partial charge in [-0.1, -0.05) is 18.2 Å². The number of anilines is 1. The number of carbonyl (C=O) groups is 3. The van der Waals surface area contributed by atoms with Crippen LogP contribution in [0.3, 0.4) is 0 Å². The largest absolute Gasteiger partial charge is 0.479 e. The second-order valence-corrected chi connectivity index (χ2v) is 4.01. The summed E-state index contributed by atoms with van der Waals surface area (Å²) in [6.07, 6.45) is -1.74. The molecule has 1 aliphatic heterocycles. The Morgan fingerprint density at radius 2 is 2.00 bits per heavy atom. The number of aliphatic hydroxyl groups is 1. The number of piperazine rings is 1. The van der Waals surface area contributed by atoms with E-state index >= 15 is 0 Å². The number of para-hydroxylation sites is 1. The summed E-state index contributed by atoms with van der Waals surface area (Å²) in [6, 6.07) is 6.07. The van der Waals surface area contributed by atoms with Crippen LogP contribution < -0.4 is 10.2 Å². The highest BCUT2D eigenvalue weighted by molar-refractivity contribution is 6.41. The number of rotatable bonds is 3. The molecule has 1 unspecified atom stereocenters. The molecule has 1 atom stereocenters. The molecule has 2 rings (SSSR count). The van der Waals surface area contributed by atoms with Crippen molar-refractivity contribution < 1.29 is 24.6 Å². The lowest BCUT2D eigenvalue weighted by Gasteiger charge is -2.28. The van der Waals surface area contributed by atoms with Crippen molar-refractivity contribution in [3.05, 3.63) is 29.8 Å². The van der Waals surface area contributed by atoms with Gasteiger partial charge in [-0.2, -0.15) is 0 Å². The third-order valence-electron chi connectivity index (χ3n) is 2.82. The van der Waals surface area contributed by atoms with E-state index in [4.69, 9.17) is 5.11 Å². The van der Waals surface area contributed by atoms with Crippen molar-refractivity contribution in [2.75, 3.05) is 18.0 Å². The Morgan fingerprint density at radius 3 is 2.68 bits per heavy atom. The molecule has 0 radical (unpaired) electrons. The van der Waals surface area contributed by atoms with Gasteiger partial charge in [-0.25, -0.2) is 4.79 Å². The van der Waals surface area contributed by atoms with Crippen LogP contribution >= 0.6 is 0 Å². The number of carboxylic acids is 1. The van der Waals surface area contributed by atoms with Gasteiger partial charge in [0.2, 0.25) is 0 Å². The van der Waals surface area contributed by atoms with Crippen LogP contribution in [0.15, 0.2) is 24.3 Å². The van der Waals surface area contributed by atoms with E-state index in [1.807, 2.05) is 0 Å². The van der Waals surface area contributed by atoms with Crippen molar-refractivity contribution in [2.24, 2.45) is 0 Å². The van der Waals surface area contributed by atoms with E-state index in [9.17, 15) is 19.5 Å². The maximum Gasteiger partial charge on any atom is 0.337 e. The van der Waals surface area contributed by atoms with Gasteiger partial charge in [0.15, 0.2) is 6.10 Å². The summed E-state index contributed by atoms with van der Waals surface area (Å²) in [5.74, 6) is -2.93. The fourth-order valence-corrected chi connectivity index (χ4v) is 1.91. The van der Waals surface area contributed by atoms with Gasteiger partial charge in [0, 0.05) is 18.7 Å². The number of hydrogen-bond acceptors (Lipinski definition) is 4. The van der Waals surface area contributed by atoms with Crippen molar-refractivity contribution in [1.29, 1.82) is 0 Å². The van der Waals surface area contributed by atoms with Gasteiger partial charge in [0.1, 0.15) is 0 Å². The Balaban J connectivity index is 2.42. The molecule has 0 aliphatic carbocycles. The Labute approximate surface area is 108 Å². The molecule has 0 aromatic heterocycles. The number of carbonyl (C=O) groups excluding carboxylic acids is 2. The molecule has 7 heteroatoms. The normalized spacial score (nSPS) is 17.0. The zero-order valence-corrected chi connectivity index (χ0v) is 9.87. The predicted molar refractivity (Wildman–Crippen MR) is 64.4 cm³/mol. The van der Waals surface area contributed by atoms with Crippen LogP contribution in [0.1, 0.15) is 11.7 Å². The molecule has 1 heterocycles. The molecule has 3 N–H and O–H groups in total. The fourth-order valence-electron chi connectivity index (χ4n) is 1.91. The molecule has 0 spiro atoms. The van der Waals surface area contributed by atoms with Gasteiger partial charge in [-0.05, 0) is 6.07 Å². The Kier molecular flexibility index (Phi) is 3.48. The van der Waals surface area contributed by atoms with E-state index < -0.39 is 23.9 Å². The molecule has 0 saturated carbocycles. The number of aliphatic carboxylic acids is 1. The number of amides is 2. The van der Waals surface area contributed by atoms with Crippen LogP contribution in [0, 0.1) is 0 Å². The van der Waals surface area contributed by atoms with Gasteiger partial charge < -0.3 is 20.4 Å². The number of carboxylic acid groups (broad SMARTS) is 1. The lowest BCUT2D eigenvalue weighted by atomic mass is 10.1. The van der Waals surface area contributed by atoms with Crippen LogP contribution in [-0.4, -0.2) is 41.1 Å². The first-order valence-electron chi connectivity index (χ1n) is 5.62. The molecule has 1 fully saturated rings. The second-order valence-electron chi connectivity index (χ2n) is 4.01. The minimum absolute atomic E-state index is 0.0815. The van der Waals surface area contributed by atoms with Gasteiger partial charge in [-0.3, -0.25) is 9.59 Å². The molecule has 1 aliphatic rings. The average Bonchev–Trinajstić information content (AvgIpc) is 2.41. The molecule has 1 aromatic carbocycles. The third kappa shape index (κ3) is 2.41. The molecule has 0 bridgehead atoms. The molecular weight excluding hydrogens is 252 g/mol. The van der Waals surface area contributed by atoms with Gasteiger partial charge >= 0.3 is 17.8 Å². The third-order valence-corrected chi connectivity index (χ3v) is 2.82. The average molecular weight is 264 g/mol. The number of nitrogens with one attached hydrogen (secondary N) is 1. The number of hydrogen-bond donors (Lipinski definition) is 3. The van der Waals surface area contributed by atoms with Crippen LogP contribution in [0.25, 0.3) is 0 Å². The summed E-state index contributed by atoms with van der Waals surface area (Å²) >= 11 is 0. The Bertz CT molecular complexity index is 543.